The molecule has 2 unspecified atom stereocenters. The molecule has 4 N–H and O–H groups in total. The highest BCUT2D eigenvalue weighted by Crippen LogP contribution is 2.57. The molecule has 2 aromatic carbocycles. The van der Waals surface area contributed by atoms with Crippen LogP contribution in [0.25, 0.3) is 11.3 Å². The molecular formula is C28H32F3N3O5S. The van der Waals surface area contributed by atoms with Crippen LogP contribution < -0.4 is 0 Å². The molecule has 1 aliphatic carbocycles. The molecule has 2 aliphatic rings. The Kier molecular flexibility index (Phi) is 8.03. The SMILES string of the molecule is Cc1ccccc1C(S[C@@H]1O[C@H](CO)[C@H](O)[C@H](n2cc(-c3cc(F)c(F)c(F)c3)nn2)[C@H]1O)C1(O)C[C@@H](C)[C@H]1C. The van der Waals surface area contributed by atoms with E-state index in [0.29, 0.717) is 12.3 Å². The van der Waals surface area contributed by atoms with E-state index in [0.717, 1.165) is 27.9 Å². The minimum atomic E-state index is -1.61. The number of aromatic nitrogens is 3. The lowest BCUT2D eigenvalue weighted by molar-refractivity contribution is -0.179. The van der Waals surface area contributed by atoms with Crippen LogP contribution >= 0.6 is 11.8 Å². The lowest BCUT2D eigenvalue weighted by Gasteiger charge is -2.54. The van der Waals surface area contributed by atoms with Crippen molar-refractivity contribution in [1.29, 1.82) is 0 Å². The minimum Gasteiger partial charge on any atom is -0.394 e. The van der Waals surface area contributed by atoms with Crippen LogP contribution in [0, 0.1) is 36.2 Å². The number of halogens is 3. The number of ether oxygens (including phenoxy) is 1. The fourth-order valence-corrected chi connectivity index (χ4v) is 7.54. The standard InChI is InChI=1S/C28H32F3N3O5S/c1-13-6-4-5-7-17(13)26(28(38)10-14(2)15(28)3)40-27-25(37)23(24(36)21(12-35)39-27)34-11-20(32-33-34)16-8-18(29)22(31)19(30)9-16/h4-9,11,14-15,21,23-27,35-38H,10,12H2,1-3H3/t14-,15-,21-,23+,24+,25-,26?,27+,28?/m1/s1. The number of hydrogen-bond acceptors (Lipinski definition) is 8. The highest BCUT2D eigenvalue weighted by Gasteiger charge is 2.56. The zero-order valence-corrected chi connectivity index (χ0v) is 23.0. The van der Waals surface area contributed by atoms with E-state index in [4.69, 9.17) is 4.74 Å². The van der Waals surface area contributed by atoms with Crippen LogP contribution in [-0.4, -0.2) is 71.4 Å². The predicted molar refractivity (Wildman–Crippen MR) is 142 cm³/mol. The summed E-state index contributed by atoms with van der Waals surface area (Å²) in [5, 5.41) is 51.6. The Morgan fingerprint density at radius 3 is 2.40 bits per heavy atom. The summed E-state index contributed by atoms with van der Waals surface area (Å²) in [5.74, 6) is -4.14. The van der Waals surface area contributed by atoms with Crippen molar-refractivity contribution in [1.82, 2.24) is 15.0 Å². The highest BCUT2D eigenvalue weighted by molar-refractivity contribution is 8.00. The summed E-state index contributed by atoms with van der Waals surface area (Å²) < 4.78 is 48.2. The molecule has 5 rings (SSSR count). The lowest BCUT2D eigenvalue weighted by Crippen LogP contribution is -2.58. The summed E-state index contributed by atoms with van der Waals surface area (Å²) in [4.78, 5) is 0. The van der Waals surface area contributed by atoms with Gasteiger partial charge in [-0.15, -0.1) is 16.9 Å². The van der Waals surface area contributed by atoms with Gasteiger partial charge >= 0.3 is 0 Å². The average molecular weight is 580 g/mol. The van der Waals surface area contributed by atoms with Gasteiger partial charge < -0.3 is 25.2 Å². The summed E-state index contributed by atoms with van der Waals surface area (Å²) in [6.45, 7) is 5.43. The van der Waals surface area contributed by atoms with Gasteiger partial charge in [0.15, 0.2) is 17.5 Å². The Hall–Kier alpha value is -2.48. The smallest absolute Gasteiger partial charge is 0.194 e. The van der Waals surface area contributed by atoms with E-state index in [-0.39, 0.29) is 17.2 Å². The quantitative estimate of drug-likeness (QED) is 0.314. The third-order valence-corrected chi connectivity index (χ3v) is 10.0. The molecule has 8 nitrogen and oxygen atoms in total. The van der Waals surface area contributed by atoms with E-state index in [1.165, 1.54) is 18.0 Å². The number of aliphatic hydroxyl groups excluding tert-OH is 3. The molecule has 1 saturated carbocycles. The third-order valence-electron chi connectivity index (χ3n) is 8.43. The molecule has 0 spiro atoms. The van der Waals surface area contributed by atoms with Crippen molar-refractivity contribution in [2.75, 3.05) is 6.61 Å². The summed E-state index contributed by atoms with van der Waals surface area (Å²) in [6, 6.07) is 8.03. The number of hydrogen-bond donors (Lipinski definition) is 4. The van der Waals surface area contributed by atoms with Crippen molar-refractivity contribution in [3.05, 3.63) is 71.2 Å². The van der Waals surface area contributed by atoms with Crippen molar-refractivity contribution in [3.8, 4) is 11.3 Å². The molecule has 0 radical (unpaired) electrons. The largest absolute Gasteiger partial charge is 0.394 e. The molecule has 2 heterocycles. The molecule has 40 heavy (non-hydrogen) atoms. The van der Waals surface area contributed by atoms with E-state index in [1.807, 2.05) is 38.1 Å². The van der Waals surface area contributed by atoms with Gasteiger partial charge in [-0.1, -0.05) is 43.3 Å². The van der Waals surface area contributed by atoms with E-state index in [1.54, 1.807) is 0 Å². The first-order chi connectivity index (χ1) is 19.0. The summed E-state index contributed by atoms with van der Waals surface area (Å²) in [7, 11) is 0. The molecule has 1 aromatic heterocycles. The minimum absolute atomic E-state index is 0.0159. The van der Waals surface area contributed by atoms with Gasteiger partial charge in [0.2, 0.25) is 0 Å². The molecule has 216 valence electrons. The Morgan fingerprint density at radius 2 is 1.80 bits per heavy atom. The Labute approximate surface area is 233 Å². The van der Waals surface area contributed by atoms with Gasteiger partial charge in [0.25, 0.3) is 0 Å². The number of thioether (sulfide) groups is 1. The second-order valence-electron chi connectivity index (χ2n) is 10.9. The molecule has 1 saturated heterocycles. The van der Waals surface area contributed by atoms with E-state index in [2.05, 4.69) is 17.2 Å². The van der Waals surface area contributed by atoms with Crippen LogP contribution in [0.1, 0.15) is 42.7 Å². The van der Waals surface area contributed by atoms with Gasteiger partial charge in [0.05, 0.1) is 23.7 Å². The van der Waals surface area contributed by atoms with Gasteiger partial charge in [-0.3, -0.25) is 0 Å². The van der Waals surface area contributed by atoms with Crippen LogP contribution in [0.15, 0.2) is 42.6 Å². The second-order valence-corrected chi connectivity index (χ2v) is 12.1. The van der Waals surface area contributed by atoms with Crippen molar-refractivity contribution >= 4 is 11.8 Å². The summed E-state index contributed by atoms with van der Waals surface area (Å²) in [6.07, 6.45) is -2.09. The van der Waals surface area contributed by atoms with Gasteiger partial charge in [-0.25, -0.2) is 17.9 Å². The van der Waals surface area contributed by atoms with Crippen molar-refractivity contribution in [2.45, 2.75) is 67.8 Å². The first kappa shape index (κ1) is 29.0. The number of nitrogens with zero attached hydrogens (tertiary/aromatic N) is 3. The fraction of sp³-hybridized carbons (Fsp3) is 0.500. The van der Waals surface area contributed by atoms with Crippen molar-refractivity contribution < 1.29 is 38.3 Å². The number of benzene rings is 2. The fourth-order valence-electron chi connectivity index (χ4n) is 5.78. The van der Waals surface area contributed by atoms with Crippen LogP contribution in [0.3, 0.4) is 0 Å². The first-order valence-corrected chi connectivity index (χ1v) is 14.0. The topological polar surface area (TPSA) is 121 Å². The third kappa shape index (κ3) is 4.94. The van der Waals surface area contributed by atoms with Crippen LogP contribution in [0.4, 0.5) is 13.2 Å². The maximum Gasteiger partial charge on any atom is 0.194 e. The zero-order chi connectivity index (χ0) is 28.9. The Balaban J connectivity index is 1.48. The number of rotatable bonds is 7. The molecule has 2 fully saturated rings. The normalized spacial score (nSPS) is 33.0. The molecule has 3 aromatic rings. The van der Waals surface area contributed by atoms with Gasteiger partial charge in [-0.2, -0.15) is 0 Å². The molecule has 9 atom stereocenters. The lowest BCUT2D eigenvalue weighted by atomic mass is 9.60. The molecular weight excluding hydrogens is 547 g/mol. The summed E-state index contributed by atoms with van der Waals surface area (Å²) in [5.41, 5.74) is -0.347. The first-order valence-electron chi connectivity index (χ1n) is 13.1. The van der Waals surface area contributed by atoms with E-state index >= 15 is 0 Å². The second kappa shape index (κ2) is 11.1. The van der Waals surface area contributed by atoms with Crippen LogP contribution in [-0.2, 0) is 4.74 Å². The Bertz CT molecular complexity index is 1360. The molecule has 0 amide bonds. The zero-order valence-electron chi connectivity index (χ0n) is 22.2. The monoisotopic (exact) mass is 579 g/mol. The maximum absolute atomic E-state index is 13.8. The van der Waals surface area contributed by atoms with Crippen molar-refractivity contribution in [2.24, 2.45) is 11.8 Å². The van der Waals surface area contributed by atoms with Crippen LogP contribution in [0.5, 0.6) is 0 Å². The van der Waals surface area contributed by atoms with Gasteiger partial charge in [0.1, 0.15) is 35.5 Å². The average Bonchev–Trinajstić information content (AvgIpc) is 3.41. The van der Waals surface area contributed by atoms with Gasteiger partial charge in [-0.05, 0) is 48.4 Å². The Morgan fingerprint density at radius 1 is 1.12 bits per heavy atom. The van der Waals surface area contributed by atoms with Crippen LogP contribution in [0.2, 0.25) is 0 Å². The predicted octanol–water partition coefficient (Wildman–Crippen LogP) is 3.53. The van der Waals surface area contributed by atoms with E-state index < -0.39 is 64.7 Å². The maximum atomic E-state index is 13.8. The molecule has 0 bridgehead atoms. The number of aryl methyl sites for hydroxylation is 1. The molecule has 12 heteroatoms. The summed E-state index contributed by atoms with van der Waals surface area (Å²) >= 11 is 1.21. The van der Waals surface area contributed by atoms with Gasteiger partial charge in [0, 0.05) is 5.56 Å². The van der Waals surface area contributed by atoms with Crippen molar-refractivity contribution in [3.63, 3.8) is 0 Å². The highest BCUT2D eigenvalue weighted by atomic mass is 32.2. The molecule has 1 aliphatic heterocycles. The van der Waals surface area contributed by atoms with E-state index in [9.17, 15) is 33.6 Å². The number of aliphatic hydroxyl groups is 4.